The Hall–Kier alpha value is -1.07. The second kappa shape index (κ2) is 6.75. The predicted molar refractivity (Wildman–Crippen MR) is 72.2 cm³/mol. The van der Waals surface area contributed by atoms with Crippen molar-refractivity contribution in [3.63, 3.8) is 0 Å². The lowest BCUT2D eigenvalue weighted by atomic mass is 10.1. The Kier molecular flexibility index (Phi) is 5.01. The van der Waals surface area contributed by atoms with Crippen molar-refractivity contribution in [2.24, 2.45) is 0 Å². The molecule has 1 N–H and O–H groups in total. The summed E-state index contributed by atoms with van der Waals surface area (Å²) in [6.45, 7) is 1.69. The molecule has 0 fully saturated rings. The quantitative estimate of drug-likeness (QED) is 0.640. The van der Waals surface area contributed by atoms with Crippen LogP contribution in [0.2, 0.25) is 0 Å². The molecule has 0 saturated heterocycles. The number of ether oxygens (including phenoxy) is 2. The van der Waals surface area contributed by atoms with Crippen molar-refractivity contribution in [1.82, 2.24) is 5.32 Å². The van der Waals surface area contributed by atoms with Crippen LogP contribution in [-0.2, 0) is 16.0 Å². The van der Waals surface area contributed by atoms with Gasteiger partial charge in [0.2, 0.25) is 0 Å². The Morgan fingerprint density at radius 1 is 1.44 bits per heavy atom. The molecule has 18 heavy (non-hydrogen) atoms. The number of benzene rings is 1. The smallest absolute Gasteiger partial charge is 0.261 e. The Morgan fingerprint density at radius 3 is 3.06 bits per heavy atom. The molecule has 5 heteroatoms. The van der Waals surface area contributed by atoms with E-state index in [-0.39, 0.29) is 5.91 Å². The van der Waals surface area contributed by atoms with Crippen LogP contribution < -0.4 is 10.1 Å². The summed E-state index contributed by atoms with van der Waals surface area (Å²) in [5.74, 6) is 0.738. The fourth-order valence-electron chi connectivity index (χ4n) is 1.85. The van der Waals surface area contributed by atoms with E-state index in [1.54, 1.807) is 0 Å². The van der Waals surface area contributed by atoms with Gasteiger partial charge < -0.3 is 14.8 Å². The first-order valence-electron chi connectivity index (χ1n) is 5.97. The molecule has 0 saturated carbocycles. The normalized spacial score (nSPS) is 17.1. The molecule has 1 aliphatic heterocycles. The summed E-state index contributed by atoms with van der Waals surface area (Å²) in [6.07, 6.45) is 0.239. The Morgan fingerprint density at radius 2 is 2.28 bits per heavy atom. The largest absolute Gasteiger partial charge is 0.480 e. The SMILES string of the molecule is O=C(NCCOCCBr)C1Cc2ccccc2O1. The highest BCUT2D eigenvalue weighted by molar-refractivity contribution is 9.09. The van der Waals surface area contributed by atoms with Crippen molar-refractivity contribution in [2.45, 2.75) is 12.5 Å². The van der Waals surface area contributed by atoms with E-state index in [0.717, 1.165) is 16.6 Å². The molecule has 4 nitrogen and oxygen atoms in total. The van der Waals surface area contributed by atoms with Gasteiger partial charge in [0.25, 0.3) is 5.91 Å². The maximum absolute atomic E-state index is 11.8. The number of carbonyl (C=O) groups excluding carboxylic acids is 1. The minimum Gasteiger partial charge on any atom is -0.480 e. The van der Waals surface area contributed by atoms with E-state index >= 15 is 0 Å². The molecule has 1 aromatic rings. The van der Waals surface area contributed by atoms with E-state index in [0.29, 0.717) is 26.2 Å². The molecular weight excluding hydrogens is 298 g/mol. The van der Waals surface area contributed by atoms with Gasteiger partial charge in [0.05, 0.1) is 13.2 Å². The van der Waals surface area contributed by atoms with Gasteiger partial charge in [-0.05, 0) is 11.6 Å². The Labute approximate surface area is 115 Å². The van der Waals surface area contributed by atoms with Gasteiger partial charge in [-0.3, -0.25) is 4.79 Å². The molecular formula is C13H16BrNO3. The van der Waals surface area contributed by atoms with E-state index in [4.69, 9.17) is 9.47 Å². The van der Waals surface area contributed by atoms with Crippen molar-refractivity contribution >= 4 is 21.8 Å². The predicted octanol–water partition coefficient (Wildman–Crippen LogP) is 1.52. The summed E-state index contributed by atoms with van der Waals surface area (Å²) in [4.78, 5) is 11.8. The van der Waals surface area contributed by atoms with Crippen molar-refractivity contribution < 1.29 is 14.3 Å². The van der Waals surface area contributed by atoms with E-state index in [1.165, 1.54) is 0 Å². The lowest BCUT2D eigenvalue weighted by molar-refractivity contribution is -0.127. The van der Waals surface area contributed by atoms with Crippen LogP contribution in [0.3, 0.4) is 0 Å². The number of alkyl halides is 1. The maximum atomic E-state index is 11.8. The van der Waals surface area contributed by atoms with Crippen LogP contribution in [0.15, 0.2) is 24.3 Å². The number of fused-ring (bicyclic) bond motifs is 1. The van der Waals surface area contributed by atoms with Gasteiger partial charge in [-0.2, -0.15) is 0 Å². The topological polar surface area (TPSA) is 47.6 Å². The zero-order chi connectivity index (χ0) is 12.8. The maximum Gasteiger partial charge on any atom is 0.261 e. The number of hydrogen-bond donors (Lipinski definition) is 1. The summed E-state index contributed by atoms with van der Waals surface area (Å²) in [6, 6.07) is 7.74. The third-order valence-corrected chi connectivity index (χ3v) is 3.03. The van der Waals surface area contributed by atoms with Gasteiger partial charge in [-0.15, -0.1) is 0 Å². The number of hydrogen-bond acceptors (Lipinski definition) is 3. The summed E-state index contributed by atoms with van der Waals surface area (Å²) < 4.78 is 10.8. The van der Waals surface area contributed by atoms with E-state index < -0.39 is 6.10 Å². The highest BCUT2D eigenvalue weighted by Crippen LogP contribution is 2.27. The molecule has 0 radical (unpaired) electrons. The fourth-order valence-corrected chi connectivity index (χ4v) is 2.07. The van der Waals surface area contributed by atoms with Crippen LogP contribution in [-0.4, -0.2) is 37.1 Å². The first-order valence-corrected chi connectivity index (χ1v) is 7.09. The molecule has 1 aromatic carbocycles. The van der Waals surface area contributed by atoms with Gasteiger partial charge in [-0.25, -0.2) is 0 Å². The molecule has 0 aromatic heterocycles. The molecule has 1 atom stereocenters. The van der Waals surface area contributed by atoms with Crippen molar-refractivity contribution in [3.8, 4) is 5.75 Å². The zero-order valence-electron chi connectivity index (χ0n) is 10.0. The van der Waals surface area contributed by atoms with Gasteiger partial charge in [-0.1, -0.05) is 34.1 Å². The van der Waals surface area contributed by atoms with E-state index in [2.05, 4.69) is 21.2 Å². The number of nitrogens with one attached hydrogen (secondary N) is 1. The molecule has 1 unspecified atom stereocenters. The second-order valence-electron chi connectivity index (χ2n) is 4.01. The van der Waals surface area contributed by atoms with E-state index in [1.807, 2.05) is 24.3 Å². The third kappa shape index (κ3) is 3.46. The Bertz CT molecular complexity index is 386. The lowest BCUT2D eigenvalue weighted by Gasteiger charge is -2.11. The summed E-state index contributed by atoms with van der Waals surface area (Å²) in [5, 5.41) is 3.62. The zero-order valence-corrected chi connectivity index (χ0v) is 11.6. The first-order chi connectivity index (χ1) is 8.81. The minimum atomic E-state index is -0.404. The first kappa shape index (κ1) is 13.4. The fraction of sp³-hybridized carbons (Fsp3) is 0.462. The summed E-state index contributed by atoms with van der Waals surface area (Å²) in [5.41, 5.74) is 1.09. The number of amides is 1. The van der Waals surface area contributed by atoms with Crippen LogP contribution in [0.4, 0.5) is 0 Å². The highest BCUT2D eigenvalue weighted by atomic mass is 79.9. The van der Waals surface area contributed by atoms with Crippen molar-refractivity contribution in [2.75, 3.05) is 25.1 Å². The highest BCUT2D eigenvalue weighted by Gasteiger charge is 2.28. The molecule has 1 heterocycles. The van der Waals surface area contributed by atoms with Crippen LogP contribution in [0.25, 0.3) is 0 Å². The monoisotopic (exact) mass is 313 g/mol. The van der Waals surface area contributed by atoms with Crippen LogP contribution in [0.5, 0.6) is 5.75 Å². The molecule has 0 bridgehead atoms. The minimum absolute atomic E-state index is 0.0753. The molecule has 1 aliphatic rings. The second-order valence-corrected chi connectivity index (χ2v) is 4.80. The van der Waals surface area contributed by atoms with Crippen molar-refractivity contribution in [1.29, 1.82) is 0 Å². The number of halogens is 1. The number of para-hydroxylation sites is 1. The summed E-state index contributed by atoms with van der Waals surface area (Å²) >= 11 is 3.27. The number of carbonyl (C=O) groups is 1. The molecule has 2 rings (SSSR count). The lowest BCUT2D eigenvalue weighted by Crippen LogP contribution is -2.39. The van der Waals surface area contributed by atoms with Crippen LogP contribution in [0, 0.1) is 0 Å². The van der Waals surface area contributed by atoms with Gasteiger partial charge in [0.15, 0.2) is 6.10 Å². The summed E-state index contributed by atoms with van der Waals surface area (Å²) in [7, 11) is 0. The third-order valence-electron chi connectivity index (χ3n) is 2.71. The van der Waals surface area contributed by atoms with Gasteiger partial charge >= 0.3 is 0 Å². The average molecular weight is 314 g/mol. The van der Waals surface area contributed by atoms with Crippen LogP contribution in [0.1, 0.15) is 5.56 Å². The Balaban J connectivity index is 1.72. The standard InChI is InChI=1S/C13H16BrNO3/c14-5-7-17-8-6-15-13(16)12-9-10-3-1-2-4-11(10)18-12/h1-4,12H,5-9H2,(H,15,16). The van der Waals surface area contributed by atoms with E-state index in [9.17, 15) is 4.79 Å². The molecule has 0 spiro atoms. The van der Waals surface area contributed by atoms with Crippen molar-refractivity contribution in [3.05, 3.63) is 29.8 Å². The van der Waals surface area contributed by atoms with Gasteiger partial charge in [0.1, 0.15) is 5.75 Å². The number of rotatable bonds is 6. The molecule has 0 aliphatic carbocycles. The van der Waals surface area contributed by atoms with Crippen LogP contribution >= 0.6 is 15.9 Å². The van der Waals surface area contributed by atoms with Gasteiger partial charge in [0, 0.05) is 18.3 Å². The molecule has 1 amide bonds. The average Bonchev–Trinajstić information content (AvgIpc) is 2.82. The molecule has 98 valence electrons.